The quantitative estimate of drug-likeness (QED) is 0.407. The van der Waals surface area contributed by atoms with Gasteiger partial charge in [0.05, 0.1) is 24.6 Å². The maximum Gasteiger partial charge on any atom is 0.230 e. The molecule has 0 spiro atoms. The third kappa shape index (κ3) is 5.15. The highest BCUT2D eigenvalue weighted by Crippen LogP contribution is 2.23. The second-order valence-corrected chi connectivity index (χ2v) is 8.08. The molecule has 0 bridgehead atoms. The van der Waals surface area contributed by atoms with Gasteiger partial charge in [0, 0.05) is 0 Å². The molecule has 0 unspecified atom stereocenters. The molecule has 0 aliphatic heterocycles. The summed E-state index contributed by atoms with van der Waals surface area (Å²) in [4.78, 5) is 12.5. The van der Waals surface area contributed by atoms with E-state index in [2.05, 4.69) is 45.1 Å². The summed E-state index contributed by atoms with van der Waals surface area (Å²) in [7, 11) is 1.62. The molecule has 0 aliphatic rings. The Morgan fingerprint density at radius 3 is 2.38 bits per heavy atom. The van der Waals surface area contributed by atoms with E-state index in [-0.39, 0.29) is 17.7 Å². The highest BCUT2D eigenvalue weighted by molar-refractivity contribution is 7.99. The Labute approximate surface area is 190 Å². The molecular weight excluding hydrogens is 422 g/mol. The fourth-order valence-electron chi connectivity index (χ4n) is 3.25. The number of hydrogen-bond donors (Lipinski definition) is 1. The second-order valence-electron chi connectivity index (χ2n) is 7.14. The Kier molecular flexibility index (Phi) is 6.81. The van der Waals surface area contributed by atoms with E-state index in [1.807, 2.05) is 61.5 Å². The molecule has 162 valence electrons. The minimum atomic E-state index is -0.106. The number of aromatic nitrogens is 4. The van der Waals surface area contributed by atoms with Crippen molar-refractivity contribution >= 4 is 17.7 Å². The Morgan fingerprint density at radius 1 is 1.00 bits per heavy atom. The van der Waals surface area contributed by atoms with Gasteiger partial charge in [0.15, 0.2) is 0 Å². The van der Waals surface area contributed by atoms with Gasteiger partial charge in [0.2, 0.25) is 11.1 Å². The largest absolute Gasteiger partial charge is 0.497 e. The number of nitrogens with zero attached hydrogens (tertiary/aromatic N) is 4. The molecule has 0 fully saturated rings. The van der Waals surface area contributed by atoms with Crippen LogP contribution in [0.1, 0.15) is 18.5 Å². The van der Waals surface area contributed by atoms with Crippen LogP contribution in [0.4, 0.5) is 0 Å². The van der Waals surface area contributed by atoms with Crippen LogP contribution in [0.5, 0.6) is 5.75 Å². The second kappa shape index (κ2) is 10.1. The summed E-state index contributed by atoms with van der Waals surface area (Å²) in [5.74, 6) is 0.878. The maximum atomic E-state index is 12.5. The van der Waals surface area contributed by atoms with Crippen LogP contribution in [0.3, 0.4) is 0 Å². The number of thioether (sulfide) groups is 1. The Balaban J connectivity index is 1.34. The third-order valence-corrected chi connectivity index (χ3v) is 5.90. The van der Waals surface area contributed by atoms with Gasteiger partial charge in [-0.2, -0.15) is 4.68 Å². The van der Waals surface area contributed by atoms with E-state index in [1.165, 1.54) is 17.3 Å². The van der Waals surface area contributed by atoms with Crippen molar-refractivity contribution in [2.24, 2.45) is 0 Å². The number of rotatable bonds is 8. The predicted octanol–water partition coefficient (Wildman–Crippen LogP) is 4.31. The number of carbonyl (C=O) groups excluding carboxylic acids is 1. The molecule has 1 atom stereocenters. The molecule has 1 N–H and O–H groups in total. The standard InChI is InChI=1S/C24H23N5O2S/c1-17(18-8-10-20(11-9-18)19-6-4-3-5-7-19)25-23(30)16-32-24-26-27-28-29(24)21-12-14-22(31-2)15-13-21/h3-15,17H,16H2,1-2H3,(H,25,30)/t17-/m0/s1. The van der Waals surface area contributed by atoms with Gasteiger partial charge in [-0.15, -0.1) is 5.10 Å². The molecule has 0 radical (unpaired) electrons. The first-order valence-electron chi connectivity index (χ1n) is 10.1. The SMILES string of the molecule is COc1ccc(-n2nnnc2SCC(=O)N[C@@H](C)c2ccc(-c3ccccc3)cc2)cc1. The van der Waals surface area contributed by atoms with Crippen LogP contribution in [0.25, 0.3) is 16.8 Å². The van der Waals surface area contributed by atoms with Crippen LogP contribution in [0.2, 0.25) is 0 Å². The third-order valence-electron chi connectivity index (χ3n) is 4.99. The van der Waals surface area contributed by atoms with Gasteiger partial charge in [0.1, 0.15) is 5.75 Å². The van der Waals surface area contributed by atoms with Crippen LogP contribution >= 0.6 is 11.8 Å². The zero-order valence-corrected chi connectivity index (χ0v) is 18.6. The highest BCUT2D eigenvalue weighted by atomic mass is 32.2. The lowest BCUT2D eigenvalue weighted by atomic mass is 10.0. The van der Waals surface area contributed by atoms with E-state index < -0.39 is 0 Å². The molecule has 32 heavy (non-hydrogen) atoms. The molecule has 0 saturated heterocycles. The lowest BCUT2D eigenvalue weighted by Gasteiger charge is -2.15. The maximum absolute atomic E-state index is 12.5. The molecule has 0 saturated carbocycles. The number of methoxy groups -OCH3 is 1. The number of hydrogen-bond acceptors (Lipinski definition) is 6. The lowest BCUT2D eigenvalue weighted by Crippen LogP contribution is -2.28. The number of carbonyl (C=O) groups is 1. The van der Waals surface area contributed by atoms with Crippen LogP contribution in [-0.2, 0) is 4.79 Å². The van der Waals surface area contributed by atoms with Crippen LogP contribution in [0, 0.1) is 0 Å². The van der Waals surface area contributed by atoms with Crippen molar-refractivity contribution < 1.29 is 9.53 Å². The van der Waals surface area contributed by atoms with Gasteiger partial charge in [0.25, 0.3) is 0 Å². The zero-order valence-electron chi connectivity index (χ0n) is 17.8. The molecule has 0 aliphatic carbocycles. The smallest absolute Gasteiger partial charge is 0.230 e. The minimum absolute atomic E-state index is 0.0843. The van der Waals surface area contributed by atoms with Crippen LogP contribution in [-0.4, -0.2) is 39.0 Å². The van der Waals surface area contributed by atoms with Gasteiger partial charge in [-0.25, -0.2) is 0 Å². The number of benzene rings is 3. The van der Waals surface area contributed by atoms with E-state index in [4.69, 9.17) is 4.74 Å². The first kappa shape index (κ1) is 21.6. The summed E-state index contributed by atoms with van der Waals surface area (Å²) in [5, 5.41) is 15.4. The summed E-state index contributed by atoms with van der Waals surface area (Å²) in [5.41, 5.74) is 4.16. The molecule has 8 heteroatoms. The average molecular weight is 446 g/mol. The van der Waals surface area contributed by atoms with Gasteiger partial charge in [-0.1, -0.05) is 66.4 Å². The van der Waals surface area contributed by atoms with E-state index in [0.717, 1.165) is 22.6 Å². The highest BCUT2D eigenvalue weighted by Gasteiger charge is 2.14. The van der Waals surface area contributed by atoms with E-state index in [9.17, 15) is 4.79 Å². The van der Waals surface area contributed by atoms with Crippen molar-refractivity contribution in [2.75, 3.05) is 12.9 Å². The molecule has 7 nitrogen and oxygen atoms in total. The summed E-state index contributed by atoms with van der Waals surface area (Å²) < 4.78 is 6.78. The topological polar surface area (TPSA) is 81.9 Å². The average Bonchev–Trinajstić information content (AvgIpc) is 3.32. The van der Waals surface area contributed by atoms with E-state index in [1.54, 1.807) is 11.8 Å². The first-order valence-corrected chi connectivity index (χ1v) is 11.1. The molecular formula is C24H23N5O2S. The van der Waals surface area contributed by atoms with Gasteiger partial charge in [-0.05, 0) is 58.3 Å². The first-order chi connectivity index (χ1) is 15.6. The Morgan fingerprint density at radius 2 is 1.69 bits per heavy atom. The van der Waals surface area contributed by atoms with Gasteiger partial charge in [-0.3, -0.25) is 4.79 Å². The van der Waals surface area contributed by atoms with Crippen molar-refractivity contribution in [1.29, 1.82) is 0 Å². The number of ether oxygens (including phenoxy) is 1. The molecule has 4 rings (SSSR count). The normalized spacial score (nSPS) is 11.7. The van der Waals surface area contributed by atoms with Crippen LogP contribution < -0.4 is 10.1 Å². The molecule has 4 aromatic rings. The molecule has 1 aromatic heterocycles. The molecule has 1 heterocycles. The summed E-state index contributed by atoms with van der Waals surface area (Å²) in [6.45, 7) is 1.97. The van der Waals surface area contributed by atoms with E-state index in [0.29, 0.717) is 5.16 Å². The summed E-state index contributed by atoms with van der Waals surface area (Å²) in [6, 6.07) is 25.7. The van der Waals surface area contributed by atoms with Crippen molar-refractivity contribution in [3.63, 3.8) is 0 Å². The lowest BCUT2D eigenvalue weighted by molar-refractivity contribution is -0.119. The van der Waals surface area contributed by atoms with Crippen molar-refractivity contribution in [3.05, 3.63) is 84.4 Å². The van der Waals surface area contributed by atoms with Gasteiger partial charge >= 0.3 is 0 Å². The van der Waals surface area contributed by atoms with E-state index >= 15 is 0 Å². The summed E-state index contributed by atoms with van der Waals surface area (Å²) in [6.07, 6.45) is 0. The number of tetrazole rings is 1. The number of nitrogens with one attached hydrogen (secondary N) is 1. The fourth-order valence-corrected chi connectivity index (χ4v) is 3.95. The van der Waals surface area contributed by atoms with Crippen molar-refractivity contribution in [3.8, 4) is 22.6 Å². The van der Waals surface area contributed by atoms with Crippen molar-refractivity contribution in [2.45, 2.75) is 18.1 Å². The predicted molar refractivity (Wildman–Crippen MR) is 125 cm³/mol. The summed E-state index contributed by atoms with van der Waals surface area (Å²) >= 11 is 1.29. The monoisotopic (exact) mass is 445 g/mol. The fraction of sp³-hybridized carbons (Fsp3) is 0.167. The minimum Gasteiger partial charge on any atom is -0.497 e. The zero-order chi connectivity index (χ0) is 22.3. The van der Waals surface area contributed by atoms with Crippen molar-refractivity contribution in [1.82, 2.24) is 25.5 Å². The van der Waals surface area contributed by atoms with Gasteiger partial charge < -0.3 is 10.1 Å². The Bertz CT molecular complexity index is 1160. The molecule has 3 aromatic carbocycles. The Hall–Kier alpha value is -3.65. The number of amides is 1. The molecule has 1 amide bonds. The van der Waals surface area contributed by atoms with Crippen LogP contribution in [0.15, 0.2) is 84.0 Å².